The van der Waals surface area contributed by atoms with Crippen LogP contribution in [0.1, 0.15) is 15.9 Å². The van der Waals surface area contributed by atoms with E-state index in [9.17, 15) is 19.7 Å². The number of nitrogens with one attached hydrogen (secondary N) is 2. The normalized spacial score (nSPS) is 10.9. The number of nitrogens with zero attached hydrogens (tertiary/aromatic N) is 2. The summed E-state index contributed by atoms with van der Waals surface area (Å²) < 4.78 is 0. The minimum absolute atomic E-state index is 0.0158. The Balaban J connectivity index is 1.87. The number of aromatic nitrogens is 1. The Morgan fingerprint density at radius 1 is 1.11 bits per heavy atom. The average molecular weight is 394 g/mol. The Bertz CT molecular complexity index is 1030. The zero-order chi connectivity index (χ0) is 19.9. The van der Waals surface area contributed by atoms with E-state index in [4.69, 9.17) is 0 Å². The van der Waals surface area contributed by atoms with Crippen molar-refractivity contribution in [2.24, 2.45) is 0 Å². The smallest absolute Gasteiger partial charge is 0.273 e. The largest absolute Gasteiger partial charge is 0.317 e. The molecule has 3 rings (SSSR count). The molecule has 0 unspecified atom stereocenters. The molecule has 8 nitrogen and oxygen atoms in total. The highest BCUT2D eigenvalue weighted by Crippen LogP contribution is 2.15. The fraction of sp³-hybridized carbons (Fsp3) is 0. The van der Waals surface area contributed by atoms with Crippen molar-refractivity contribution in [3.8, 4) is 0 Å². The Morgan fingerprint density at radius 2 is 1.89 bits per heavy atom. The lowest BCUT2D eigenvalue weighted by Crippen LogP contribution is -2.30. The Kier molecular flexibility index (Phi) is 5.87. The number of thiazole rings is 1. The van der Waals surface area contributed by atoms with Crippen LogP contribution in [0.5, 0.6) is 0 Å². The maximum atomic E-state index is 12.6. The summed E-state index contributed by atoms with van der Waals surface area (Å²) >= 11 is 1.24. The summed E-state index contributed by atoms with van der Waals surface area (Å²) in [4.78, 5) is 39.5. The molecule has 3 aromatic rings. The summed E-state index contributed by atoms with van der Waals surface area (Å²) in [6.07, 6.45) is 3.06. The van der Waals surface area contributed by atoms with Crippen molar-refractivity contribution in [1.29, 1.82) is 0 Å². The molecular formula is C19H14N4O4S. The van der Waals surface area contributed by atoms with E-state index >= 15 is 0 Å². The second kappa shape index (κ2) is 8.69. The van der Waals surface area contributed by atoms with E-state index in [1.165, 1.54) is 35.6 Å². The third-order valence-corrected chi connectivity index (χ3v) is 4.26. The van der Waals surface area contributed by atoms with Gasteiger partial charge in [0.25, 0.3) is 17.5 Å². The number of carbonyl (C=O) groups is 2. The van der Waals surface area contributed by atoms with Gasteiger partial charge >= 0.3 is 0 Å². The number of carbonyl (C=O) groups excluding carboxylic acids is 2. The lowest BCUT2D eigenvalue weighted by Gasteiger charge is -2.10. The quantitative estimate of drug-likeness (QED) is 0.377. The van der Waals surface area contributed by atoms with Crippen LogP contribution < -0.4 is 10.6 Å². The standard InChI is InChI=1S/C19H14N4O4S/c24-17(14-7-4-8-15(12-14)23(26)27)21-16(11-13-5-2-1-3-6-13)18(25)22-19-20-9-10-28-19/h1-12H,(H,21,24)(H,20,22,25)/b16-11-. The number of hydrogen-bond donors (Lipinski definition) is 2. The van der Waals surface area contributed by atoms with Gasteiger partial charge in [0.05, 0.1) is 4.92 Å². The lowest BCUT2D eigenvalue weighted by atomic mass is 10.1. The number of nitro groups is 1. The van der Waals surface area contributed by atoms with Crippen LogP contribution in [0.4, 0.5) is 10.8 Å². The van der Waals surface area contributed by atoms with Crippen LogP contribution >= 0.6 is 11.3 Å². The Morgan fingerprint density at radius 3 is 2.57 bits per heavy atom. The molecule has 0 radical (unpaired) electrons. The molecule has 0 aliphatic carbocycles. The topological polar surface area (TPSA) is 114 Å². The van der Waals surface area contributed by atoms with Crippen LogP contribution in [0, 0.1) is 10.1 Å². The van der Waals surface area contributed by atoms with Gasteiger partial charge in [-0.1, -0.05) is 36.4 Å². The van der Waals surface area contributed by atoms with Gasteiger partial charge in [0, 0.05) is 29.3 Å². The van der Waals surface area contributed by atoms with Gasteiger partial charge in [-0.05, 0) is 17.7 Å². The average Bonchev–Trinajstić information content (AvgIpc) is 3.21. The molecule has 0 atom stereocenters. The number of non-ortho nitro benzene ring substituents is 1. The van der Waals surface area contributed by atoms with Crippen molar-refractivity contribution in [2.75, 3.05) is 5.32 Å². The van der Waals surface area contributed by atoms with E-state index in [0.717, 1.165) is 6.07 Å². The van der Waals surface area contributed by atoms with E-state index in [-0.39, 0.29) is 16.9 Å². The summed E-state index contributed by atoms with van der Waals surface area (Å²) in [6.45, 7) is 0. The summed E-state index contributed by atoms with van der Waals surface area (Å²) in [5.41, 5.74) is 0.535. The molecule has 2 amide bonds. The highest BCUT2D eigenvalue weighted by molar-refractivity contribution is 7.13. The Labute approximate surface area is 163 Å². The molecule has 0 aliphatic heterocycles. The van der Waals surface area contributed by atoms with Crippen LogP contribution in [0.3, 0.4) is 0 Å². The van der Waals surface area contributed by atoms with Crippen LogP contribution in [0.15, 0.2) is 71.9 Å². The monoisotopic (exact) mass is 394 g/mol. The number of anilines is 1. The van der Waals surface area contributed by atoms with Gasteiger partial charge in [-0.2, -0.15) is 0 Å². The summed E-state index contributed by atoms with van der Waals surface area (Å²) in [7, 11) is 0. The highest BCUT2D eigenvalue weighted by Gasteiger charge is 2.17. The van der Waals surface area contributed by atoms with Gasteiger partial charge in [-0.15, -0.1) is 11.3 Å². The summed E-state index contributed by atoms with van der Waals surface area (Å²) in [6, 6.07) is 14.2. The first-order chi connectivity index (χ1) is 13.5. The molecule has 140 valence electrons. The van der Waals surface area contributed by atoms with Gasteiger partial charge in [-0.25, -0.2) is 4.98 Å². The number of nitro benzene ring substituents is 1. The fourth-order valence-corrected chi connectivity index (χ4v) is 2.80. The van der Waals surface area contributed by atoms with Crippen molar-refractivity contribution in [3.63, 3.8) is 0 Å². The van der Waals surface area contributed by atoms with E-state index in [1.54, 1.807) is 35.8 Å². The third kappa shape index (κ3) is 4.86. The molecule has 28 heavy (non-hydrogen) atoms. The van der Waals surface area contributed by atoms with Crippen molar-refractivity contribution >= 4 is 40.0 Å². The number of hydrogen-bond acceptors (Lipinski definition) is 6. The van der Waals surface area contributed by atoms with E-state index in [2.05, 4.69) is 15.6 Å². The lowest BCUT2D eigenvalue weighted by molar-refractivity contribution is -0.384. The summed E-state index contributed by atoms with van der Waals surface area (Å²) in [5, 5.41) is 18.1. The molecular weight excluding hydrogens is 380 g/mol. The first kappa shape index (κ1) is 18.9. The number of amides is 2. The SMILES string of the molecule is O=C(Nc1nccs1)/C(=C/c1ccccc1)NC(=O)c1cccc([N+](=O)[O-])c1. The molecule has 2 N–H and O–H groups in total. The molecule has 0 saturated carbocycles. The number of benzene rings is 2. The number of rotatable bonds is 6. The third-order valence-electron chi connectivity index (χ3n) is 3.58. The van der Waals surface area contributed by atoms with Gasteiger partial charge in [0.1, 0.15) is 5.70 Å². The molecule has 2 aromatic carbocycles. The molecule has 0 spiro atoms. The van der Waals surface area contributed by atoms with E-state index < -0.39 is 16.7 Å². The van der Waals surface area contributed by atoms with Crippen LogP contribution in [-0.2, 0) is 4.79 Å². The molecule has 0 aliphatic rings. The van der Waals surface area contributed by atoms with Gasteiger partial charge in [0.2, 0.25) is 0 Å². The zero-order valence-corrected chi connectivity index (χ0v) is 15.2. The Hall–Kier alpha value is -3.85. The molecule has 9 heteroatoms. The predicted octanol–water partition coefficient (Wildman–Crippen LogP) is 3.46. The minimum Gasteiger partial charge on any atom is -0.317 e. The van der Waals surface area contributed by atoms with Crippen molar-refractivity contribution in [1.82, 2.24) is 10.3 Å². The zero-order valence-electron chi connectivity index (χ0n) is 14.4. The molecule has 1 heterocycles. The second-order valence-electron chi connectivity index (χ2n) is 5.52. The molecule has 0 fully saturated rings. The maximum Gasteiger partial charge on any atom is 0.273 e. The van der Waals surface area contributed by atoms with Crippen LogP contribution in [0.25, 0.3) is 6.08 Å². The second-order valence-corrected chi connectivity index (χ2v) is 6.42. The van der Waals surface area contributed by atoms with Gasteiger partial charge < -0.3 is 5.32 Å². The maximum absolute atomic E-state index is 12.6. The van der Waals surface area contributed by atoms with Crippen molar-refractivity contribution in [3.05, 3.63) is 93.1 Å². The van der Waals surface area contributed by atoms with Crippen LogP contribution in [-0.4, -0.2) is 21.7 Å². The molecule has 1 aromatic heterocycles. The first-order valence-corrected chi connectivity index (χ1v) is 8.94. The molecule has 0 bridgehead atoms. The van der Waals surface area contributed by atoms with Gasteiger partial charge in [-0.3, -0.25) is 25.0 Å². The minimum atomic E-state index is -0.639. The first-order valence-electron chi connectivity index (χ1n) is 8.06. The van der Waals surface area contributed by atoms with E-state index in [0.29, 0.717) is 10.7 Å². The highest BCUT2D eigenvalue weighted by atomic mass is 32.1. The van der Waals surface area contributed by atoms with Crippen molar-refractivity contribution < 1.29 is 14.5 Å². The summed E-state index contributed by atoms with van der Waals surface area (Å²) in [5.74, 6) is -1.20. The molecule has 0 saturated heterocycles. The van der Waals surface area contributed by atoms with Crippen molar-refractivity contribution in [2.45, 2.75) is 0 Å². The van der Waals surface area contributed by atoms with Gasteiger partial charge in [0.15, 0.2) is 5.13 Å². The predicted molar refractivity (Wildman–Crippen MR) is 106 cm³/mol. The van der Waals surface area contributed by atoms with E-state index in [1.807, 2.05) is 6.07 Å². The fourth-order valence-electron chi connectivity index (χ4n) is 2.28. The van der Waals surface area contributed by atoms with Crippen LogP contribution in [0.2, 0.25) is 0 Å².